The summed E-state index contributed by atoms with van der Waals surface area (Å²) in [6.07, 6.45) is 1.71. The van der Waals surface area contributed by atoms with Crippen molar-refractivity contribution in [3.63, 3.8) is 0 Å². The second-order valence-electron chi connectivity index (χ2n) is 3.85. The van der Waals surface area contributed by atoms with Gasteiger partial charge in [-0.25, -0.2) is 4.98 Å². The molecule has 0 atom stereocenters. The summed E-state index contributed by atoms with van der Waals surface area (Å²) in [5, 5.41) is 3.63. The van der Waals surface area contributed by atoms with Crippen LogP contribution < -0.4 is 10.1 Å². The highest BCUT2D eigenvalue weighted by Gasteiger charge is 2.07. The van der Waals surface area contributed by atoms with Crippen LogP contribution in [0.2, 0.25) is 0 Å². The Morgan fingerprint density at radius 1 is 1.35 bits per heavy atom. The maximum Gasteiger partial charge on any atom is 0.234 e. The maximum absolute atomic E-state index is 11.9. The first-order valence-electron chi connectivity index (χ1n) is 5.86. The maximum atomic E-state index is 11.9. The van der Waals surface area contributed by atoms with Crippen LogP contribution in [0.4, 0.5) is 5.69 Å². The average molecular weight is 353 g/mol. The molecule has 2 rings (SSSR count). The van der Waals surface area contributed by atoms with Crippen molar-refractivity contribution < 1.29 is 9.53 Å². The van der Waals surface area contributed by atoms with E-state index in [9.17, 15) is 4.79 Å². The van der Waals surface area contributed by atoms with E-state index in [1.807, 2.05) is 24.3 Å². The summed E-state index contributed by atoms with van der Waals surface area (Å²) in [5.74, 6) is 0.851. The summed E-state index contributed by atoms with van der Waals surface area (Å²) in [7, 11) is 1.57. The van der Waals surface area contributed by atoms with Gasteiger partial charge in [0.05, 0.1) is 23.6 Å². The van der Waals surface area contributed by atoms with E-state index < -0.39 is 0 Å². The number of nitrogens with zero attached hydrogens (tertiary/aromatic N) is 1. The number of ether oxygens (including phenoxy) is 1. The molecule has 6 heteroatoms. The zero-order valence-electron chi connectivity index (χ0n) is 10.8. The molecule has 1 amide bonds. The number of benzene rings is 1. The molecule has 0 unspecified atom stereocenters. The molecule has 0 aliphatic rings. The normalized spacial score (nSPS) is 10.1. The van der Waals surface area contributed by atoms with Gasteiger partial charge in [0.2, 0.25) is 5.91 Å². The van der Waals surface area contributed by atoms with Crippen LogP contribution in [0.15, 0.2) is 52.1 Å². The van der Waals surface area contributed by atoms with Crippen LogP contribution in [-0.2, 0) is 4.79 Å². The van der Waals surface area contributed by atoms with Crippen LogP contribution in [0.3, 0.4) is 0 Å². The molecule has 0 fully saturated rings. The van der Waals surface area contributed by atoms with E-state index in [-0.39, 0.29) is 5.91 Å². The molecule has 0 radical (unpaired) electrons. The highest BCUT2D eigenvalue weighted by atomic mass is 79.9. The Kier molecular flexibility index (Phi) is 5.43. The number of hydrogen-bond donors (Lipinski definition) is 1. The van der Waals surface area contributed by atoms with Crippen LogP contribution in [0.1, 0.15) is 0 Å². The Balaban J connectivity index is 1.91. The second-order valence-corrected chi connectivity index (χ2v) is 5.76. The number of aromatic nitrogens is 1. The van der Waals surface area contributed by atoms with Crippen LogP contribution in [0.5, 0.6) is 5.75 Å². The van der Waals surface area contributed by atoms with Gasteiger partial charge in [-0.2, -0.15) is 0 Å². The van der Waals surface area contributed by atoms with Crippen molar-refractivity contribution in [3.8, 4) is 5.75 Å². The Bertz CT molecular complexity index is 590. The number of halogens is 1. The highest BCUT2D eigenvalue weighted by Crippen LogP contribution is 2.24. The number of carbonyl (C=O) groups is 1. The van der Waals surface area contributed by atoms with Crippen molar-refractivity contribution in [2.45, 2.75) is 5.03 Å². The smallest absolute Gasteiger partial charge is 0.234 e. The van der Waals surface area contributed by atoms with Gasteiger partial charge in [-0.3, -0.25) is 4.79 Å². The topological polar surface area (TPSA) is 51.2 Å². The van der Waals surface area contributed by atoms with Crippen molar-refractivity contribution >= 4 is 39.3 Å². The van der Waals surface area contributed by atoms with Crippen molar-refractivity contribution in [1.82, 2.24) is 4.98 Å². The fourth-order valence-corrected chi connectivity index (χ4v) is 2.40. The molecule has 20 heavy (non-hydrogen) atoms. The number of thioether (sulfide) groups is 1. The summed E-state index contributed by atoms with van der Waals surface area (Å²) in [4.78, 5) is 16.1. The van der Waals surface area contributed by atoms with Crippen LogP contribution in [0, 0.1) is 0 Å². The van der Waals surface area contributed by atoms with Gasteiger partial charge < -0.3 is 10.1 Å². The first-order chi connectivity index (χ1) is 9.69. The highest BCUT2D eigenvalue weighted by molar-refractivity contribution is 9.10. The van der Waals surface area contributed by atoms with Gasteiger partial charge in [0.1, 0.15) is 5.75 Å². The van der Waals surface area contributed by atoms with Gasteiger partial charge in [-0.15, -0.1) is 0 Å². The van der Waals surface area contributed by atoms with E-state index in [2.05, 4.69) is 26.2 Å². The minimum atomic E-state index is -0.0933. The van der Waals surface area contributed by atoms with Crippen LogP contribution in [-0.4, -0.2) is 23.8 Å². The lowest BCUT2D eigenvalue weighted by Gasteiger charge is -2.09. The van der Waals surface area contributed by atoms with Gasteiger partial charge in [0.25, 0.3) is 0 Å². The third-order valence-electron chi connectivity index (χ3n) is 2.43. The lowest BCUT2D eigenvalue weighted by Crippen LogP contribution is -2.14. The quantitative estimate of drug-likeness (QED) is 0.835. The van der Waals surface area contributed by atoms with Crippen molar-refractivity contribution in [3.05, 3.63) is 47.1 Å². The van der Waals surface area contributed by atoms with Crippen molar-refractivity contribution in [1.29, 1.82) is 0 Å². The van der Waals surface area contributed by atoms with Gasteiger partial charge in [0, 0.05) is 10.7 Å². The standard InChI is InChI=1S/C14H13BrN2O2S/c1-19-12-5-3-2-4-11(12)17-13(18)9-20-14-7-6-10(15)8-16-14/h2-8H,9H2,1H3,(H,17,18). The molecule has 4 nitrogen and oxygen atoms in total. The molecule has 1 N–H and O–H groups in total. The number of nitrogens with one attached hydrogen (secondary N) is 1. The number of para-hydroxylation sites is 2. The Hall–Kier alpha value is -1.53. The molecule has 0 spiro atoms. The van der Waals surface area contributed by atoms with Gasteiger partial charge >= 0.3 is 0 Å². The molecule has 0 aliphatic carbocycles. The molecular weight excluding hydrogens is 340 g/mol. The number of hydrogen-bond acceptors (Lipinski definition) is 4. The summed E-state index contributed by atoms with van der Waals surface area (Å²) < 4.78 is 6.10. The first kappa shape index (κ1) is 14.9. The summed E-state index contributed by atoms with van der Waals surface area (Å²) in [6, 6.07) is 11.1. The molecule has 2 aromatic rings. The van der Waals surface area contributed by atoms with E-state index in [0.717, 1.165) is 9.50 Å². The average Bonchev–Trinajstić information content (AvgIpc) is 2.47. The minimum Gasteiger partial charge on any atom is -0.495 e. The lowest BCUT2D eigenvalue weighted by atomic mass is 10.3. The molecule has 1 aromatic carbocycles. The SMILES string of the molecule is COc1ccccc1NC(=O)CSc1ccc(Br)cn1. The fourth-order valence-electron chi connectivity index (χ4n) is 1.52. The zero-order chi connectivity index (χ0) is 14.4. The number of rotatable bonds is 5. The second kappa shape index (κ2) is 7.31. The predicted molar refractivity (Wildman–Crippen MR) is 84.3 cm³/mol. The molecule has 0 saturated carbocycles. The monoisotopic (exact) mass is 352 g/mol. The van der Waals surface area contributed by atoms with E-state index in [1.165, 1.54) is 11.8 Å². The number of amides is 1. The summed E-state index contributed by atoms with van der Waals surface area (Å²) in [6.45, 7) is 0. The molecule has 1 heterocycles. The van der Waals surface area contributed by atoms with E-state index in [1.54, 1.807) is 25.4 Å². The zero-order valence-corrected chi connectivity index (χ0v) is 13.2. The lowest BCUT2D eigenvalue weighted by molar-refractivity contribution is -0.113. The molecule has 104 valence electrons. The van der Waals surface area contributed by atoms with Gasteiger partial charge in [-0.1, -0.05) is 23.9 Å². The minimum absolute atomic E-state index is 0.0933. The van der Waals surface area contributed by atoms with Crippen LogP contribution in [0.25, 0.3) is 0 Å². The van der Waals surface area contributed by atoms with E-state index >= 15 is 0 Å². The van der Waals surface area contributed by atoms with E-state index in [4.69, 9.17) is 4.74 Å². The number of pyridine rings is 1. The number of methoxy groups -OCH3 is 1. The largest absolute Gasteiger partial charge is 0.495 e. The van der Waals surface area contributed by atoms with Gasteiger partial charge in [0.15, 0.2) is 0 Å². The molecule has 1 aromatic heterocycles. The van der Waals surface area contributed by atoms with E-state index in [0.29, 0.717) is 17.2 Å². The Labute approximate surface area is 130 Å². The van der Waals surface area contributed by atoms with Crippen molar-refractivity contribution in [2.24, 2.45) is 0 Å². The summed E-state index contributed by atoms with van der Waals surface area (Å²) >= 11 is 4.71. The molecule has 0 saturated heterocycles. The Morgan fingerprint density at radius 3 is 2.85 bits per heavy atom. The molecular formula is C14H13BrN2O2S. The van der Waals surface area contributed by atoms with Crippen molar-refractivity contribution in [2.75, 3.05) is 18.2 Å². The van der Waals surface area contributed by atoms with Crippen LogP contribution >= 0.6 is 27.7 Å². The van der Waals surface area contributed by atoms with Gasteiger partial charge in [-0.05, 0) is 40.2 Å². The first-order valence-corrected chi connectivity index (χ1v) is 7.64. The Morgan fingerprint density at radius 2 is 2.15 bits per heavy atom. The number of carbonyl (C=O) groups excluding carboxylic acids is 1. The molecule has 0 aliphatic heterocycles. The number of anilines is 1. The predicted octanol–water partition coefficient (Wildman–Crippen LogP) is 3.58. The third-order valence-corrected chi connectivity index (χ3v) is 3.85. The molecule has 0 bridgehead atoms. The third kappa shape index (κ3) is 4.25. The summed E-state index contributed by atoms with van der Waals surface area (Å²) in [5.41, 5.74) is 0.671. The fraction of sp³-hybridized carbons (Fsp3) is 0.143.